The van der Waals surface area contributed by atoms with Gasteiger partial charge in [0, 0.05) is 38.1 Å². The van der Waals surface area contributed by atoms with Crippen molar-refractivity contribution in [3.63, 3.8) is 0 Å². The lowest BCUT2D eigenvalue weighted by molar-refractivity contribution is 0.0901. The fourth-order valence-corrected chi connectivity index (χ4v) is 3.75. The second-order valence-electron chi connectivity index (χ2n) is 7.00. The minimum absolute atomic E-state index is 0.0253. The fourth-order valence-electron chi connectivity index (χ4n) is 3.75. The molecule has 5 heteroatoms. The van der Waals surface area contributed by atoms with Crippen LogP contribution in [0.25, 0.3) is 10.9 Å². The van der Waals surface area contributed by atoms with E-state index in [2.05, 4.69) is 39.6 Å². The molecular formula is C21H24N4O. The molecule has 1 amide bonds. The van der Waals surface area contributed by atoms with E-state index in [0.717, 1.165) is 43.4 Å². The van der Waals surface area contributed by atoms with Crippen LogP contribution in [0.5, 0.6) is 0 Å². The van der Waals surface area contributed by atoms with Crippen LogP contribution in [-0.2, 0) is 13.6 Å². The molecule has 0 atom stereocenters. The molecule has 0 bridgehead atoms. The van der Waals surface area contributed by atoms with Crippen LogP contribution >= 0.6 is 0 Å². The quantitative estimate of drug-likeness (QED) is 0.789. The average molecular weight is 348 g/mol. The molecule has 4 rings (SSSR count). The van der Waals surface area contributed by atoms with E-state index in [1.54, 1.807) is 4.68 Å². The van der Waals surface area contributed by atoms with Crippen molar-refractivity contribution in [3.05, 3.63) is 65.9 Å². The van der Waals surface area contributed by atoms with Gasteiger partial charge < -0.3 is 5.32 Å². The Bertz CT molecular complexity index is 895. The number of fused-ring (bicyclic) bond motifs is 1. The summed E-state index contributed by atoms with van der Waals surface area (Å²) in [6, 6.07) is 18.6. The van der Waals surface area contributed by atoms with E-state index in [4.69, 9.17) is 0 Å². The van der Waals surface area contributed by atoms with Crippen LogP contribution in [0.2, 0.25) is 0 Å². The largest absolute Gasteiger partial charge is 0.348 e. The molecule has 1 N–H and O–H groups in total. The average Bonchev–Trinajstić information content (AvgIpc) is 3.00. The highest BCUT2D eigenvalue weighted by molar-refractivity contribution is 6.05. The molecule has 0 aliphatic carbocycles. The summed E-state index contributed by atoms with van der Waals surface area (Å²) in [4.78, 5) is 15.3. The molecule has 0 spiro atoms. The number of hydrogen-bond acceptors (Lipinski definition) is 3. The van der Waals surface area contributed by atoms with Gasteiger partial charge in [0.25, 0.3) is 5.91 Å². The third-order valence-corrected chi connectivity index (χ3v) is 5.13. The zero-order chi connectivity index (χ0) is 17.9. The lowest BCUT2D eigenvalue weighted by Gasteiger charge is -2.32. The summed E-state index contributed by atoms with van der Waals surface area (Å²) in [6.07, 6.45) is 1.96. The molecule has 1 aromatic heterocycles. The lowest BCUT2D eigenvalue weighted by Crippen LogP contribution is -2.44. The topological polar surface area (TPSA) is 50.2 Å². The van der Waals surface area contributed by atoms with Crippen molar-refractivity contribution in [2.24, 2.45) is 7.05 Å². The third kappa shape index (κ3) is 3.48. The Kier molecular flexibility index (Phi) is 4.71. The van der Waals surface area contributed by atoms with Gasteiger partial charge in [-0.25, -0.2) is 0 Å². The summed E-state index contributed by atoms with van der Waals surface area (Å²) >= 11 is 0. The van der Waals surface area contributed by atoms with Gasteiger partial charge in [0.15, 0.2) is 0 Å². The van der Waals surface area contributed by atoms with E-state index in [1.165, 1.54) is 5.56 Å². The highest BCUT2D eigenvalue weighted by Gasteiger charge is 2.23. The summed E-state index contributed by atoms with van der Waals surface area (Å²) in [5, 5.41) is 8.56. The van der Waals surface area contributed by atoms with Crippen molar-refractivity contribution in [2.45, 2.75) is 25.4 Å². The van der Waals surface area contributed by atoms with Gasteiger partial charge >= 0.3 is 0 Å². The number of piperidine rings is 1. The van der Waals surface area contributed by atoms with Gasteiger partial charge in [-0.3, -0.25) is 14.4 Å². The van der Waals surface area contributed by atoms with Gasteiger partial charge in [-0.2, -0.15) is 5.10 Å². The number of carbonyl (C=O) groups is 1. The number of aryl methyl sites for hydroxylation is 1. The van der Waals surface area contributed by atoms with E-state index in [9.17, 15) is 4.79 Å². The Morgan fingerprint density at radius 2 is 1.77 bits per heavy atom. The number of amides is 1. The van der Waals surface area contributed by atoms with Crippen LogP contribution in [0, 0.1) is 0 Å². The fraction of sp³-hybridized carbons (Fsp3) is 0.333. The molecule has 0 saturated carbocycles. The third-order valence-electron chi connectivity index (χ3n) is 5.13. The molecule has 1 aliphatic rings. The first kappa shape index (κ1) is 16.8. The Morgan fingerprint density at radius 1 is 1.08 bits per heavy atom. The van der Waals surface area contributed by atoms with Crippen LogP contribution in [0.1, 0.15) is 28.9 Å². The predicted molar refractivity (Wildman–Crippen MR) is 103 cm³/mol. The number of benzene rings is 2. The summed E-state index contributed by atoms with van der Waals surface area (Å²) in [7, 11) is 1.83. The first-order chi connectivity index (χ1) is 12.7. The van der Waals surface area contributed by atoms with Crippen molar-refractivity contribution in [3.8, 4) is 0 Å². The molecule has 2 aromatic carbocycles. The highest BCUT2D eigenvalue weighted by Crippen LogP contribution is 2.19. The van der Waals surface area contributed by atoms with Gasteiger partial charge in [-0.05, 0) is 24.5 Å². The summed E-state index contributed by atoms with van der Waals surface area (Å²) in [5.74, 6) is -0.0253. The zero-order valence-electron chi connectivity index (χ0n) is 15.1. The van der Waals surface area contributed by atoms with E-state index in [-0.39, 0.29) is 11.9 Å². The Labute approximate surface area is 153 Å². The van der Waals surface area contributed by atoms with Crippen LogP contribution in [0.4, 0.5) is 0 Å². The van der Waals surface area contributed by atoms with E-state index >= 15 is 0 Å². The normalized spacial score (nSPS) is 16.0. The second-order valence-corrected chi connectivity index (χ2v) is 7.00. The number of rotatable bonds is 4. The number of hydrogen-bond donors (Lipinski definition) is 1. The smallest absolute Gasteiger partial charge is 0.270 e. The molecular weight excluding hydrogens is 324 g/mol. The zero-order valence-corrected chi connectivity index (χ0v) is 15.1. The second kappa shape index (κ2) is 7.30. The van der Waals surface area contributed by atoms with Crippen LogP contribution in [0.15, 0.2) is 54.6 Å². The van der Waals surface area contributed by atoms with Crippen molar-refractivity contribution < 1.29 is 4.79 Å². The highest BCUT2D eigenvalue weighted by atomic mass is 16.2. The van der Waals surface area contributed by atoms with E-state index in [0.29, 0.717) is 5.69 Å². The van der Waals surface area contributed by atoms with E-state index < -0.39 is 0 Å². The first-order valence-corrected chi connectivity index (χ1v) is 9.19. The Balaban J connectivity index is 1.37. The van der Waals surface area contributed by atoms with Gasteiger partial charge in [-0.1, -0.05) is 48.5 Å². The summed E-state index contributed by atoms with van der Waals surface area (Å²) in [5.41, 5.74) is 2.85. The van der Waals surface area contributed by atoms with Crippen molar-refractivity contribution in [1.82, 2.24) is 20.0 Å². The molecule has 26 heavy (non-hydrogen) atoms. The van der Waals surface area contributed by atoms with Crippen molar-refractivity contribution >= 4 is 16.8 Å². The van der Waals surface area contributed by atoms with Crippen molar-refractivity contribution in [2.75, 3.05) is 13.1 Å². The molecule has 3 aromatic rings. The SMILES string of the molecule is Cn1nc2ccccc2c1C(=O)NC1CCN(Cc2ccccc2)CC1. The standard InChI is InChI=1S/C21H24N4O/c1-24-20(18-9-5-6-10-19(18)23-24)21(26)22-17-11-13-25(14-12-17)15-16-7-3-2-4-8-16/h2-10,17H,11-15H2,1H3,(H,22,26). The number of nitrogens with one attached hydrogen (secondary N) is 1. The monoisotopic (exact) mass is 348 g/mol. The van der Waals surface area contributed by atoms with Crippen LogP contribution < -0.4 is 5.32 Å². The number of nitrogens with zero attached hydrogens (tertiary/aromatic N) is 3. The molecule has 5 nitrogen and oxygen atoms in total. The molecule has 0 unspecified atom stereocenters. The molecule has 0 radical (unpaired) electrons. The molecule has 1 saturated heterocycles. The van der Waals surface area contributed by atoms with Crippen molar-refractivity contribution in [1.29, 1.82) is 0 Å². The molecule has 1 aliphatic heterocycles. The number of carbonyl (C=O) groups excluding carboxylic acids is 1. The van der Waals surface area contributed by atoms with E-state index in [1.807, 2.05) is 37.4 Å². The maximum absolute atomic E-state index is 12.8. The van der Waals surface area contributed by atoms with Gasteiger partial charge in [0.1, 0.15) is 5.69 Å². The molecule has 2 heterocycles. The maximum Gasteiger partial charge on any atom is 0.270 e. The number of likely N-dealkylation sites (tertiary alicyclic amines) is 1. The number of aromatic nitrogens is 2. The first-order valence-electron chi connectivity index (χ1n) is 9.19. The Hall–Kier alpha value is -2.66. The molecule has 134 valence electrons. The van der Waals surface area contributed by atoms with Crippen LogP contribution in [-0.4, -0.2) is 39.7 Å². The van der Waals surface area contributed by atoms with Crippen LogP contribution in [0.3, 0.4) is 0 Å². The maximum atomic E-state index is 12.8. The lowest BCUT2D eigenvalue weighted by atomic mass is 10.0. The van der Waals surface area contributed by atoms with Gasteiger partial charge in [0.05, 0.1) is 5.52 Å². The minimum atomic E-state index is -0.0253. The summed E-state index contributed by atoms with van der Waals surface area (Å²) < 4.78 is 1.69. The minimum Gasteiger partial charge on any atom is -0.348 e. The Morgan fingerprint density at radius 3 is 2.54 bits per heavy atom. The summed E-state index contributed by atoms with van der Waals surface area (Å²) in [6.45, 7) is 2.99. The molecule has 1 fully saturated rings. The van der Waals surface area contributed by atoms with Gasteiger partial charge in [0.2, 0.25) is 0 Å². The predicted octanol–water partition coefficient (Wildman–Crippen LogP) is 2.97. The van der Waals surface area contributed by atoms with Gasteiger partial charge in [-0.15, -0.1) is 0 Å².